The molecule has 2 heterocycles. The molecular weight excluding hydrogens is 462 g/mol. The molecule has 0 saturated carbocycles. The minimum absolute atomic E-state index is 0.0609. The van der Waals surface area contributed by atoms with Gasteiger partial charge in [-0.3, -0.25) is 10.1 Å². The number of benzene rings is 2. The van der Waals surface area contributed by atoms with Gasteiger partial charge in [0, 0.05) is 36.3 Å². The Morgan fingerprint density at radius 1 is 1.00 bits per heavy atom. The summed E-state index contributed by atoms with van der Waals surface area (Å²) >= 11 is 3.36. The third-order valence-electron chi connectivity index (χ3n) is 5.48. The zero-order valence-electron chi connectivity index (χ0n) is 17.3. The van der Waals surface area contributed by atoms with Crippen molar-refractivity contribution < 1.29 is 9.66 Å². The zero-order chi connectivity index (χ0) is 22.0. The number of anilines is 2. The fraction of sp³-hybridized carbons (Fsp3) is 0.273. The quantitative estimate of drug-likeness (QED) is 0.377. The highest BCUT2D eigenvalue weighted by atomic mass is 79.9. The molecule has 9 heteroatoms. The maximum absolute atomic E-state index is 11.9. The first kappa shape index (κ1) is 21.0. The molecule has 0 atom stereocenters. The lowest BCUT2D eigenvalue weighted by atomic mass is 10.1. The Labute approximate surface area is 188 Å². The van der Waals surface area contributed by atoms with Crippen LogP contribution in [0.1, 0.15) is 11.1 Å². The van der Waals surface area contributed by atoms with Gasteiger partial charge in [-0.15, -0.1) is 0 Å². The average Bonchev–Trinajstić information content (AvgIpc) is 2.77. The van der Waals surface area contributed by atoms with Gasteiger partial charge in [0.15, 0.2) is 0 Å². The van der Waals surface area contributed by atoms with Gasteiger partial charge in [-0.25, -0.2) is 4.98 Å². The molecule has 31 heavy (non-hydrogen) atoms. The molecule has 0 bridgehead atoms. The van der Waals surface area contributed by atoms with Crippen molar-refractivity contribution >= 4 is 33.1 Å². The summed E-state index contributed by atoms with van der Waals surface area (Å²) in [5.74, 6) is 0.692. The number of halogens is 1. The van der Waals surface area contributed by atoms with Crippen LogP contribution >= 0.6 is 15.9 Å². The number of piperazine rings is 1. The molecule has 0 aliphatic carbocycles. The molecule has 0 radical (unpaired) electrons. The van der Waals surface area contributed by atoms with Gasteiger partial charge in [0.2, 0.25) is 5.82 Å². The fourth-order valence-electron chi connectivity index (χ4n) is 3.67. The lowest BCUT2D eigenvalue weighted by molar-refractivity contribution is -0.385. The Balaban J connectivity index is 1.56. The number of ether oxygens (including phenoxy) is 1. The minimum atomic E-state index is -0.472. The monoisotopic (exact) mass is 483 g/mol. The van der Waals surface area contributed by atoms with E-state index in [1.165, 1.54) is 23.1 Å². The van der Waals surface area contributed by atoms with E-state index in [0.717, 1.165) is 17.6 Å². The summed E-state index contributed by atoms with van der Waals surface area (Å²) in [5.41, 5.74) is 3.50. The van der Waals surface area contributed by atoms with Crippen LogP contribution in [-0.2, 0) is 0 Å². The van der Waals surface area contributed by atoms with Crippen LogP contribution in [0.2, 0.25) is 0 Å². The first-order chi connectivity index (χ1) is 14.9. The third-order valence-corrected chi connectivity index (χ3v) is 6.00. The van der Waals surface area contributed by atoms with Gasteiger partial charge >= 0.3 is 11.6 Å². The number of rotatable bonds is 5. The van der Waals surface area contributed by atoms with E-state index in [4.69, 9.17) is 4.74 Å². The molecule has 1 aliphatic heterocycles. The summed E-state index contributed by atoms with van der Waals surface area (Å²) in [6.07, 6.45) is 1.31. The van der Waals surface area contributed by atoms with Crippen molar-refractivity contribution in [3.05, 3.63) is 74.5 Å². The van der Waals surface area contributed by atoms with Crippen LogP contribution in [0, 0.1) is 24.0 Å². The molecule has 0 amide bonds. The number of hydrogen-bond acceptors (Lipinski definition) is 7. The Morgan fingerprint density at radius 3 is 2.35 bits per heavy atom. The Hall–Kier alpha value is -3.20. The van der Waals surface area contributed by atoms with Crippen LogP contribution in [0.5, 0.6) is 11.6 Å². The van der Waals surface area contributed by atoms with Crippen LogP contribution in [0.3, 0.4) is 0 Å². The van der Waals surface area contributed by atoms with Crippen LogP contribution in [-0.4, -0.2) is 41.1 Å². The highest BCUT2D eigenvalue weighted by Crippen LogP contribution is 2.37. The van der Waals surface area contributed by atoms with E-state index in [1.54, 1.807) is 24.3 Å². The number of aromatic nitrogens is 2. The molecular formula is C22H22BrN5O3. The lowest BCUT2D eigenvalue weighted by Gasteiger charge is -2.37. The first-order valence-electron chi connectivity index (χ1n) is 9.93. The van der Waals surface area contributed by atoms with Gasteiger partial charge in [-0.2, -0.15) is 4.98 Å². The first-order valence-corrected chi connectivity index (χ1v) is 10.7. The van der Waals surface area contributed by atoms with Crippen molar-refractivity contribution in [2.24, 2.45) is 0 Å². The molecule has 2 aromatic carbocycles. The molecule has 0 N–H and O–H groups in total. The van der Waals surface area contributed by atoms with Crippen molar-refractivity contribution in [3.8, 4) is 11.6 Å². The van der Waals surface area contributed by atoms with E-state index in [2.05, 4.69) is 62.8 Å². The van der Waals surface area contributed by atoms with Gasteiger partial charge in [-0.1, -0.05) is 28.1 Å². The Bertz CT molecular complexity index is 1100. The maximum Gasteiger partial charge on any atom is 0.373 e. The van der Waals surface area contributed by atoms with E-state index in [9.17, 15) is 10.1 Å². The van der Waals surface area contributed by atoms with E-state index < -0.39 is 4.92 Å². The fourth-order valence-corrected chi connectivity index (χ4v) is 3.94. The normalized spacial score (nSPS) is 13.9. The lowest BCUT2D eigenvalue weighted by Crippen LogP contribution is -2.47. The predicted octanol–water partition coefficient (Wildman–Crippen LogP) is 4.88. The highest BCUT2D eigenvalue weighted by Gasteiger charge is 2.31. The van der Waals surface area contributed by atoms with E-state index in [1.807, 2.05) is 4.90 Å². The molecule has 1 fully saturated rings. The topological polar surface area (TPSA) is 84.6 Å². The summed E-state index contributed by atoms with van der Waals surface area (Å²) in [4.78, 5) is 23.9. The molecule has 1 saturated heterocycles. The largest absolute Gasteiger partial charge is 0.434 e. The van der Waals surface area contributed by atoms with Gasteiger partial charge in [0.1, 0.15) is 12.1 Å². The molecule has 0 spiro atoms. The van der Waals surface area contributed by atoms with Gasteiger partial charge in [0.05, 0.1) is 4.92 Å². The third kappa shape index (κ3) is 4.46. The predicted molar refractivity (Wildman–Crippen MR) is 123 cm³/mol. The summed E-state index contributed by atoms with van der Waals surface area (Å²) in [6.45, 7) is 6.94. The number of aryl methyl sites for hydroxylation is 1. The summed E-state index contributed by atoms with van der Waals surface area (Å²) in [6, 6.07) is 13.3. The molecule has 4 rings (SSSR count). The summed E-state index contributed by atoms with van der Waals surface area (Å²) in [7, 11) is 0. The van der Waals surface area contributed by atoms with Crippen molar-refractivity contribution in [1.82, 2.24) is 9.97 Å². The van der Waals surface area contributed by atoms with Crippen molar-refractivity contribution in [2.75, 3.05) is 36.0 Å². The van der Waals surface area contributed by atoms with Crippen molar-refractivity contribution in [3.63, 3.8) is 0 Å². The molecule has 8 nitrogen and oxygen atoms in total. The number of hydrogen-bond donors (Lipinski definition) is 0. The molecule has 1 aliphatic rings. The van der Waals surface area contributed by atoms with Crippen molar-refractivity contribution in [2.45, 2.75) is 13.8 Å². The Morgan fingerprint density at radius 2 is 1.68 bits per heavy atom. The zero-order valence-corrected chi connectivity index (χ0v) is 18.9. The second-order valence-corrected chi connectivity index (χ2v) is 8.27. The minimum Gasteiger partial charge on any atom is -0.434 e. The van der Waals surface area contributed by atoms with Crippen molar-refractivity contribution in [1.29, 1.82) is 0 Å². The number of nitro groups is 1. The van der Waals surface area contributed by atoms with Crippen LogP contribution in [0.4, 0.5) is 17.2 Å². The average molecular weight is 484 g/mol. The molecule has 0 unspecified atom stereocenters. The van der Waals surface area contributed by atoms with Gasteiger partial charge in [-0.05, 0) is 55.3 Å². The van der Waals surface area contributed by atoms with Gasteiger partial charge in [0.25, 0.3) is 0 Å². The molecule has 160 valence electrons. The molecule has 3 aromatic rings. The second kappa shape index (κ2) is 8.89. The molecule has 1 aromatic heterocycles. The second-order valence-electron chi connectivity index (χ2n) is 7.36. The standard InChI is InChI=1S/C22H22BrN5O3/c1-15-4-3-5-19(16(15)2)26-10-12-27(13-11-26)21-20(28(29)30)22(25-14-24-21)31-18-8-6-17(23)7-9-18/h3-9,14H,10-13H2,1-2H3. The summed E-state index contributed by atoms with van der Waals surface area (Å²) in [5, 5.41) is 11.9. The smallest absolute Gasteiger partial charge is 0.373 e. The SMILES string of the molecule is Cc1cccc(N2CCN(c3ncnc(Oc4ccc(Br)cc4)c3[N+](=O)[O-])CC2)c1C. The Kier molecular flexibility index (Phi) is 6.03. The van der Waals surface area contributed by atoms with E-state index in [0.29, 0.717) is 18.8 Å². The number of nitrogens with zero attached hydrogens (tertiary/aromatic N) is 5. The van der Waals surface area contributed by atoms with Crippen LogP contribution in [0.15, 0.2) is 53.3 Å². The van der Waals surface area contributed by atoms with Crippen LogP contribution in [0.25, 0.3) is 0 Å². The van der Waals surface area contributed by atoms with E-state index >= 15 is 0 Å². The van der Waals surface area contributed by atoms with Gasteiger partial charge < -0.3 is 14.5 Å². The maximum atomic E-state index is 11.9. The van der Waals surface area contributed by atoms with Crippen LogP contribution < -0.4 is 14.5 Å². The highest BCUT2D eigenvalue weighted by molar-refractivity contribution is 9.10. The summed E-state index contributed by atoms with van der Waals surface area (Å²) < 4.78 is 6.61. The van der Waals surface area contributed by atoms with E-state index in [-0.39, 0.29) is 17.4 Å².